The molecule has 0 heterocycles. The first-order valence-corrected chi connectivity index (χ1v) is 6.69. The average molecular weight is 325 g/mol. The second-order valence-corrected chi connectivity index (χ2v) is 4.88. The van der Waals surface area contributed by atoms with Crippen molar-refractivity contribution in [1.82, 2.24) is 0 Å². The molecule has 1 unspecified atom stereocenters. The number of halogens is 3. The van der Waals surface area contributed by atoms with Crippen LogP contribution in [0.5, 0.6) is 5.75 Å². The van der Waals surface area contributed by atoms with Gasteiger partial charge in [0.25, 0.3) is 0 Å². The lowest BCUT2D eigenvalue weighted by atomic mass is 9.95. The molecule has 0 spiro atoms. The van der Waals surface area contributed by atoms with Crippen LogP contribution in [0.3, 0.4) is 0 Å². The van der Waals surface area contributed by atoms with Crippen LogP contribution in [-0.2, 0) is 11.2 Å². The minimum absolute atomic E-state index is 0.117. The van der Waals surface area contributed by atoms with Crippen LogP contribution < -0.4 is 10.5 Å². The van der Waals surface area contributed by atoms with Gasteiger partial charge in [-0.05, 0) is 35.2 Å². The Balaban J connectivity index is 2.26. The Bertz CT molecular complexity index is 684. The molecule has 0 fully saturated rings. The van der Waals surface area contributed by atoms with Gasteiger partial charge in [-0.3, -0.25) is 4.79 Å². The lowest BCUT2D eigenvalue weighted by molar-refractivity contribution is -0.274. The fourth-order valence-electron chi connectivity index (χ4n) is 2.14. The smallest absolute Gasteiger partial charge is 0.480 e. The van der Waals surface area contributed by atoms with Crippen LogP contribution >= 0.6 is 0 Å². The number of carboxylic acid groups (broad SMARTS) is 1. The topological polar surface area (TPSA) is 72.5 Å². The highest BCUT2D eigenvalue weighted by atomic mass is 19.4. The van der Waals surface area contributed by atoms with Crippen molar-refractivity contribution in [3.05, 3.63) is 54.1 Å². The number of alkyl halides is 3. The first kappa shape index (κ1) is 16.8. The summed E-state index contributed by atoms with van der Waals surface area (Å²) in [6.07, 6.45) is -4.63. The third-order valence-corrected chi connectivity index (χ3v) is 3.17. The molecule has 0 aromatic heterocycles. The van der Waals surface area contributed by atoms with Crippen molar-refractivity contribution in [2.75, 3.05) is 0 Å². The van der Waals surface area contributed by atoms with Crippen LogP contribution in [0.15, 0.2) is 48.5 Å². The quantitative estimate of drug-likeness (QED) is 0.885. The fraction of sp³-hybridized carbons (Fsp3) is 0.188. The zero-order valence-corrected chi connectivity index (χ0v) is 11.9. The SMILES string of the molecule is NC(Cc1ccccc1-c1ccc(OC(F)(F)F)cc1)C(=O)O. The molecule has 3 N–H and O–H groups in total. The normalized spacial score (nSPS) is 12.7. The Hall–Kier alpha value is -2.54. The summed E-state index contributed by atoms with van der Waals surface area (Å²) in [4.78, 5) is 10.9. The second kappa shape index (κ2) is 6.70. The molecule has 0 bridgehead atoms. The molecule has 0 aliphatic rings. The van der Waals surface area contributed by atoms with Gasteiger partial charge >= 0.3 is 12.3 Å². The van der Waals surface area contributed by atoms with Crippen LogP contribution in [-0.4, -0.2) is 23.5 Å². The standard InChI is InChI=1S/C16H14F3NO3/c17-16(18,19)23-12-7-5-10(6-8-12)13-4-2-1-3-11(13)9-14(20)15(21)22/h1-8,14H,9,20H2,(H,21,22). The van der Waals surface area contributed by atoms with E-state index in [0.717, 1.165) is 0 Å². The van der Waals surface area contributed by atoms with Gasteiger partial charge in [0.2, 0.25) is 0 Å². The molecule has 0 saturated heterocycles. The second-order valence-electron chi connectivity index (χ2n) is 4.88. The van der Waals surface area contributed by atoms with Crippen LogP contribution in [0.4, 0.5) is 13.2 Å². The largest absolute Gasteiger partial charge is 0.573 e. The molecule has 0 amide bonds. The van der Waals surface area contributed by atoms with Gasteiger partial charge in [-0.25, -0.2) is 0 Å². The van der Waals surface area contributed by atoms with E-state index in [2.05, 4.69) is 4.74 Å². The highest BCUT2D eigenvalue weighted by molar-refractivity contribution is 5.75. The number of nitrogens with two attached hydrogens (primary N) is 1. The molecule has 0 aliphatic carbocycles. The van der Waals surface area contributed by atoms with E-state index in [4.69, 9.17) is 10.8 Å². The number of carbonyl (C=O) groups is 1. The minimum atomic E-state index is -4.74. The molecule has 7 heteroatoms. The summed E-state index contributed by atoms with van der Waals surface area (Å²) >= 11 is 0. The molecule has 2 aromatic rings. The summed E-state index contributed by atoms with van der Waals surface area (Å²) in [6, 6.07) is 11.3. The van der Waals surface area contributed by atoms with Gasteiger partial charge in [0.05, 0.1) is 0 Å². The number of benzene rings is 2. The van der Waals surface area contributed by atoms with Crippen molar-refractivity contribution >= 4 is 5.97 Å². The van der Waals surface area contributed by atoms with Gasteiger partial charge in [0.1, 0.15) is 11.8 Å². The van der Waals surface area contributed by atoms with Gasteiger partial charge in [0.15, 0.2) is 0 Å². The third kappa shape index (κ3) is 4.72. The van der Waals surface area contributed by atoms with Crippen LogP contribution in [0, 0.1) is 0 Å². The number of hydrogen-bond donors (Lipinski definition) is 2. The number of carboxylic acids is 1. The number of hydrogen-bond acceptors (Lipinski definition) is 3. The Morgan fingerprint density at radius 1 is 1.13 bits per heavy atom. The van der Waals surface area contributed by atoms with Crippen molar-refractivity contribution < 1.29 is 27.8 Å². The Labute approximate surface area is 130 Å². The predicted molar refractivity (Wildman–Crippen MR) is 77.9 cm³/mol. The van der Waals surface area contributed by atoms with E-state index in [-0.39, 0.29) is 12.2 Å². The fourth-order valence-corrected chi connectivity index (χ4v) is 2.14. The lowest BCUT2D eigenvalue weighted by Gasteiger charge is -2.13. The van der Waals surface area contributed by atoms with Gasteiger partial charge in [-0.2, -0.15) is 0 Å². The molecule has 0 aliphatic heterocycles. The summed E-state index contributed by atoms with van der Waals surface area (Å²) in [5.74, 6) is -1.44. The van der Waals surface area contributed by atoms with Gasteiger partial charge in [-0.15, -0.1) is 13.2 Å². The molecule has 23 heavy (non-hydrogen) atoms. The van der Waals surface area contributed by atoms with E-state index >= 15 is 0 Å². The number of ether oxygens (including phenoxy) is 1. The minimum Gasteiger partial charge on any atom is -0.480 e. The van der Waals surface area contributed by atoms with Crippen molar-refractivity contribution in [3.8, 4) is 16.9 Å². The Morgan fingerprint density at radius 2 is 1.74 bits per heavy atom. The van der Waals surface area contributed by atoms with E-state index in [0.29, 0.717) is 16.7 Å². The van der Waals surface area contributed by atoms with Crippen molar-refractivity contribution in [3.63, 3.8) is 0 Å². The van der Waals surface area contributed by atoms with E-state index in [9.17, 15) is 18.0 Å². The van der Waals surface area contributed by atoms with Gasteiger partial charge in [-0.1, -0.05) is 36.4 Å². The zero-order chi connectivity index (χ0) is 17.0. The summed E-state index contributed by atoms with van der Waals surface area (Å²) in [7, 11) is 0. The Kier molecular flexibility index (Phi) is 4.90. The monoisotopic (exact) mass is 325 g/mol. The predicted octanol–water partition coefficient (Wildman–Crippen LogP) is 3.21. The maximum Gasteiger partial charge on any atom is 0.573 e. The molecule has 122 valence electrons. The summed E-state index contributed by atoms with van der Waals surface area (Å²) in [6.45, 7) is 0. The number of rotatable bonds is 5. The molecule has 4 nitrogen and oxygen atoms in total. The van der Waals surface area contributed by atoms with Crippen LogP contribution in [0.2, 0.25) is 0 Å². The van der Waals surface area contributed by atoms with E-state index in [1.165, 1.54) is 24.3 Å². The van der Waals surface area contributed by atoms with E-state index in [1.807, 2.05) is 0 Å². The molecular weight excluding hydrogens is 311 g/mol. The first-order chi connectivity index (χ1) is 10.8. The summed E-state index contributed by atoms with van der Waals surface area (Å²) in [5, 5.41) is 8.90. The van der Waals surface area contributed by atoms with Crippen molar-refractivity contribution in [1.29, 1.82) is 0 Å². The highest BCUT2D eigenvalue weighted by Gasteiger charge is 2.31. The van der Waals surface area contributed by atoms with Crippen LogP contribution in [0.25, 0.3) is 11.1 Å². The maximum absolute atomic E-state index is 12.2. The van der Waals surface area contributed by atoms with Crippen LogP contribution in [0.1, 0.15) is 5.56 Å². The molecular formula is C16H14F3NO3. The van der Waals surface area contributed by atoms with Crippen molar-refractivity contribution in [2.24, 2.45) is 5.73 Å². The summed E-state index contributed by atoms with van der Waals surface area (Å²) in [5.41, 5.74) is 7.60. The highest BCUT2D eigenvalue weighted by Crippen LogP contribution is 2.28. The molecule has 2 aromatic carbocycles. The Morgan fingerprint density at radius 3 is 2.30 bits per heavy atom. The molecule has 2 rings (SSSR count). The lowest BCUT2D eigenvalue weighted by Crippen LogP contribution is -2.32. The maximum atomic E-state index is 12.2. The van der Waals surface area contributed by atoms with Gasteiger partial charge in [0, 0.05) is 0 Å². The first-order valence-electron chi connectivity index (χ1n) is 6.69. The average Bonchev–Trinajstić information content (AvgIpc) is 2.47. The molecule has 0 radical (unpaired) electrons. The van der Waals surface area contributed by atoms with Gasteiger partial charge < -0.3 is 15.6 Å². The zero-order valence-electron chi connectivity index (χ0n) is 11.9. The molecule has 0 saturated carbocycles. The van der Waals surface area contributed by atoms with Crippen molar-refractivity contribution in [2.45, 2.75) is 18.8 Å². The number of aliphatic carboxylic acids is 1. The molecule has 1 atom stereocenters. The third-order valence-electron chi connectivity index (χ3n) is 3.17. The van der Waals surface area contributed by atoms with E-state index < -0.39 is 18.4 Å². The van der Waals surface area contributed by atoms with E-state index in [1.54, 1.807) is 24.3 Å². The summed E-state index contributed by atoms with van der Waals surface area (Å²) < 4.78 is 40.3.